The fourth-order valence-electron chi connectivity index (χ4n) is 3.84. The molecule has 29 heavy (non-hydrogen) atoms. The summed E-state index contributed by atoms with van der Waals surface area (Å²) in [5.74, 6) is 1.57. The Balaban J connectivity index is 1.29. The quantitative estimate of drug-likeness (QED) is 0.776. The van der Waals surface area contributed by atoms with E-state index in [2.05, 4.69) is 27.2 Å². The SMILES string of the molecule is Cc1ccc(C)c(OCC(=O)Nc2cccc(N3CCN(CC4CC4)CC3)c2)c1. The third-order valence-electron chi connectivity index (χ3n) is 5.78. The lowest BCUT2D eigenvalue weighted by molar-refractivity contribution is -0.118. The molecule has 5 nitrogen and oxygen atoms in total. The maximum absolute atomic E-state index is 12.4. The fourth-order valence-corrected chi connectivity index (χ4v) is 3.84. The van der Waals surface area contributed by atoms with Crippen LogP contribution >= 0.6 is 0 Å². The lowest BCUT2D eigenvalue weighted by Crippen LogP contribution is -2.47. The number of hydrogen-bond acceptors (Lipinski definition) is 4. The number of carbonyl (C=O) groups is 1. The summed E-state index contributed by atoms with van der Waals surface area (Å²) in [6, 6.07) is 14.1. The van der Waals surface area contributed by atoms with Crippen molar-refractivity contribution in [1.82, 2.24) is 4.90 Å². The Kier molecular flexibility index (Phi) is 6.05. The Bertz CT molecular complexity index is 855. The molecule has 1 heterocycles. The highest BCUT2D eigenvalue weighted by molar-refractivity contribution is 5.92. The molecule has 0 atom stereocenters. The number of ether oxygens (including phenoxy) is 1. The van der Waals surface area contributed by atoms with Gasteiger partial charge in [-0.05, 0) is 68.0 Å². The van der Waals surface area contributed by atoms with E-state index >= 15 is 0 Å². The van der Waals surface area contributed by atoms with Gasteiger partial charge in [-0.25, -0.2) is 0 Å². The van der Waals surface area contributed by atoms with Crippen LogP contribution in [0.1, 0.15) is 24.0 Å². The Morgan fingerprint density at radius 2 is 1.86 bits per heavy atom. The summed E-state index contributed by atoms with van der Waals surface area (Å²) in [6.45, 7) is 9.61. The molecule has 1 aliphatic heterocycles. The van der Waals surface area contributed by atoms with Gasteiger partial charge in [-0.1, -0.05) is 18.2 Å². The normalized spacial score (nSPS) is 17.2. The molecule has 2 aromatic carbocycles. The average molecular weight is 394 g/mol. The summed E-state index contributed by atoms with van der Waals surface area (Å²) in [6.07, 6.45) is 2.82. The lowest BCUT2D eigenvalue weighted by atomic mass is 10.1. The first-order valence-electron chi connectivity index (χ1n) is 10.6. The van der Waals surface area contributed by atoms with E-state index in [1.807, 2.05) is 44.2 Å². The molecular weight excluding hydrogens is 362 g/mol. The molecule has 1 saturated carbocycles. The van der Waals surface area contributed by atoms with Crippen LogP contribution in [-0.2, 0) is 4.79 Å². The van der Waals surface area contributed by atoms with E-state index in [4.69, 9.17) is 4.74 Å². The summed E-state index contributed by atoms with van der Waals surface area (Å²) in [7, 11) is 0. The highest BCUT2D eigenvalue weighted by atomic mass is 16.5. The highest BCUT2D eigenvalue weighted by Gasteiger charge is 2.26. The van der Waals surface area contributed by atoms with Gasteiger partial charge in [-0.2, -0.15) is 0 Å². The topological polar surface area (TPSA) is 44.8 Å². The molecule has 1 amide bonds. The number of benzene rings is 2. The average Bonchev–Trinajstić information content (AvgIpc) is 3.53. The van der Waals surface area contributed by atoms with Gasteiger partial charge < -0.3 is 15.0 Å². The number of rotatable bonds is 7. The molecule has 0 bridgehead atoms. The highest BCUT2D eigenvalue weighted by Crippen LogP contribution is 2.30. The van der Waals surface area contributed by atoms with Crippen molar-refractivity contribution in [2.45, 2.75) is 26.7 Å². The first kappa shape index (κ1) is 19.8. The third kappa shape index (κ3) is 5.51. The Hall–Kier alpha value is -2.53. The van der Waals surface area contributed by atoms with Crippen LogP contribution in [0.4, 0.5) is 11.4 Å². The zero-order valence-corrected chi connectivity index (χ0v) is 17.5. The molecule has 0 aromatic heterocycles. The van der Waals surface area contributed by atoms with Gasteiger partial charge in [0.1, 0.15) is 5.75 Å². The molecule has 154 valence electrons. The molecule has 4 rings (SSSR count). The van der Waals surface area contributed by atoms with E-state index in [0.29, 0.717) is 0 Å². The van der Waals surface area contributed by atoms with Crippen molar-refractivity contribution >= 4 is 17.3 Å². The van der Waals surface area contributed by atoms with Crippen molar-refractivity contribution < 1.29 is 9.53 Å². The van der Waals surface area contributed by atoms with Gasteiger partial charge in [0, 0.05) is 44.1 Å². The van der Waals surface area contributed by atoms with Gasteiger partial charge in [0.15, 0.2) is 6.61 Å². The Labute approximate surface area is 173 Å². The summed E-state index contributed by atoms with van der Waals surface area (Å²) < 4.78 is 5.72. The summed E-state index contributed by atoms with van der Waals surface area (Å²) in [5, 5.41) is 2.97. The Morgan fingerprint density at radius 3 is 2.62 bits per heavy atom. The minimum absolute atomic E-state index is 0.00830. The number of nitrogens with one attached hydrogen (secondary N) is 1. The van der Waals surface area contributed by atoms with Crippen molar-refractivity contribution in [2.75, 3.05) is 49.5 Å². The molecule has 1 aliphatic carbocycles. The predicted octanol–water partition coefficient (Wildman–Crippen LogP) is 3.85. The number of anilines is 2. The molecule has 0 spiro atoms. The largest absolute Gasteiger partial charge is 0.483 e. The Morgan fingerprint density at radius 1 is 1.07 bits per heavy atom. The second kappa shape index (κ2) is 8.87. The van der Waals surface area contributed by atoms with E-state index in [9.17, 15) is 4.79 Å². The van der Waals surface area contributed by atoms with E-state index in [0.717, 1.165) is 54.7 Å². The van der Waals surface area contributed by atoms with E-state index in [1.54, 1.807) is 0 Å². The number of hydrogen-bond donors (Lipinski definition) is 1. The van der Waals surface area contributed by atoms with Gasteiger partial charge in [0.2, 0.25) is 0 Å². The maximum atomic E-state index is 12.4. The summed E-state index contributed by atoms with van der Waals surface area (Å²) >= 11 is 0. The van der Waals surface area contributed by atoms with Crippen LogP contribution < -0.4 is 15.0 Å². The fraction of sp³-hybridized carbons (Fsp3) is 0.458. The van der Waals surface area contributed by atoms with Gasteiger partial charge in [0.25, 0.3) is 5.91 Å². The molecular formula is C24H31N3O2. The molecule has 0 unspecified atom stereocenters. The van der Waals surface area contributed by atoms with Gasteiger partial charge in [-0.15, -0.1) is 0 Å². The van der Waals surface area contributed by atoms with Crippen molar-refractivity contribution in [3.8, 4) is 5.75 Å². The van der Waals surface area contributed by atoms with E-state index < -0.39 is 0 Å². The number of amides is 1. The first-order valence-corrected chi connectivity index (χ1v) is 10.6. The lowest BCUT2D eigenvalue weighted by Gasteiger charge is -2.36. The summed E-state index contributed by atoms with van der Waals surface area (Å²) in [4.78, 5) is 17.4. The van der Waals surface area contributed by atoms with E-state index in [1.165, 1.54) is 25.1 Å². The van der Waals surface area contributed by atoms with Crippen LogP contribution in [0.2, 0.25) is 0 Å². The molecule has 2 aromatic rings. The number of aryl methyl sites for hydroxylation is 2. The maximum Gasteiger partial charge on any atom is 0.262 e. The van der Waals surface area contributed by atoms with Gasteiger partial charge >= 0.3 is 0 Å². The van der Waals surface area contributed by atoms with Gasteiger partial charge in [-0.3, -0.25) is 9.69 Å². The third-order valence-corrected chi connectivity index (χ3v) is 5.78. The molecule has 0 radical (unpaired) electrons. The minimum Gasteiger partial charge on any atom is -0.483 e. The molecule has 2 fully saturated rings. The molecule has 2 aliphatic rings. The second-order valence-corrected chi connectivity index (χ2v) is 8.39. The monoisotopic (exact) mass is 393 g/mol. The van der Waals surface area contributed by atoms with Crippen LogP contribution in [0.3, 0.4) is 0 Å². The smallest absolute Gasteiger partial charge is 0.262 e. The summed E-state index contributed by atoms with van der Waals surface area (Å²) in [5.41, 5.74) is 4.14. The van der Waals surface area contributed by atoms with Gasteiger partial charge in [0.05, 0.1) is 0 Å². The van der Waals surface area contributed by atoms with Crippen LogP contribution in [0.5, 0.6) is 5.75 Å². The molecule has 1 saturated heterocycles. The van der Waals surface area contributed by atoms with Crippen molar-refractivity contribution in [1.29, 1.82) is 0 Å². The van der Waals surface area contributed by atoms with Crippen molar-refractivity contribution in [2.24, 2.45) is 5.92 Å². The first-order chi connectivity index (χ1) is 14.1. The van der Waals surface area contributed by atoms with Crippen LogP contribution in [0, 0.1) is 19.8 Å². The van der Waals surface area contributed by atoms with Crippen LogP contribution in [0.25, 0.3) is 0 Å². The number of carbonyl (C=O) groups excluding carboxylic acids is 1. The molecule has 5 heteroatoms. The van der Waals surface area contributed by atoms with Crippen molar-refractivity contribution in [3.63, 3.8) is 0 Å². The predicted molar refractivity (Wildman–Crippen MR) is 118 cm³/mol. The van der Waals surface area contributed by atoms with Crippen LogP contribution in [0.15, 0.2) is 42.5 Å². The number of piperazine rings is 1. The zero-order chi connectivity index (χ0) is 20.2. The minimum atomic E-state index is -0.141. The second-order valence-electron chi connectivity index (χ2n) is 8.39. The van der Waals surface area contributed by atoms with Crippen molar-refractivity contribution in [3.05, 3.63) is 53.6 Å². The molecule has 1 N–H and O–H groups in total. The van der Waals surface area contributed by atoms with Crippen LogP contribution in [-0.4, -0.2) is 50.1 Å². The standard InChI is InChI=1S/C24H31N3O2/c1-18-6-7-19(2)23(14-18)29-17-24(28)25-21-4-3-5-22(15-21)27-12-10-26(11-13-27)16-20-8-9-20/h3-7,14-15,20H,8-13,16-17H2,1-2H3,(H,25,28). The number of nitrogens with zero attached hydrogens (tertiary/aromatic N) is 2. The van der Waals surface area contributed by atoms with E-state index in [-0.39, 0.29) is 12.5 Å². The zero-order valence-electron chi connectivity index (χ0n) is 17.5.